The third-order valence-corrected chi connectivity index (χ3v) is 5.38. The van der Waals surface area contributed by atoms with Crippen LogP contribution in [0.25, 0.3) is 17.3 Å². The number of alkyl carbamates (subject to hydrolysis) is 1. The van der Waals surface area contributed by atoms with Crippen molar-refractivity contribution in [3.05, 3.63) is 47.4 Å². The Kier molecular flexibility index (Phi) is 7.45. The number of hydrogen-bond donors (Lipinski definition) is 1. The molecule has 166 valence electrons. The Labute approximate surface area is 180 Å². The molecule has 11 heteroatoms. The lowest BCUT2D eigenvalue weighted by atomic mass is 9.98. The van der Waals surface area contributed by atoms with Gasteiger partial charge in [0.1, 0.15) is 5.82 Å². The number of hydrogen-bond acceptors (Lipinski definition) is 7. The van der Waals surface area contributed by atoms with Gasteiger partial charge in [0.15, 0.2) is 0 Å². The van der Waals surface area contributed by atoms with Crippen LogP contribution in [0.1, 0.15) is 31.0 Å². The van der Waals surface area contributed by atoms with Crippen LogP contribution in [0.2, 0.25) is 0 Å². The van der Waals surface area contributed by atoms with E-state index in [0.29, 0.717) is 22.5 Å². The van der Waals surface area contributed by atoms with Crippen molar-refractivity contribution >= 4 is 34.0 Å². The molecule has 9 nitrogen and oxygen atoms in total. The Balaban J connectivity index is 2.72. The maximum Gasteiger partial charge on any atom is 0.413 e. The molecule has 0 bridgehead atoms. The third kappa shape index (κ3) is 6.07. The summed E-state index contributed by atoms with van der Waals surface area (Å²) in [4.78, 5) is 32.0. The van der Waals surface area contributed by atoms with Gasteiger partial charge in [0.2, 0.25) is 16.0 Å². The molecule has 1 aromatic carbocycles. The summed E-state index contributed by atoms with van der Waals surface area (Å²) in [5.74, 6) is -1.44. The summed E-state index contributed by atoms with van der Waals surface area (Å²) in [5.41, 5.74) is 1.67. The Hall–Kier alpha value is -3.34. The van der Waals surface area contributed by atoms with Gasteiger partial charge in [-0.1, -0.05) is 13.8 Å². The van der Waals surface area contributed by atoms with E-state index in [1.165, 1.54) is 37.4 Å². The largest absolute Gasteiger partial charge is 0.453 e. The molecule has 1 aromatic heterocycles. The van der Waals surface area contributed by atoms with Gasteiger partial charge < -0.3 is 4.74 Å². The van der Waals surface area contributed by atoms with E-state index in [1.807, 2.05) is 19.2 Å². The van der Waals surface area contributed by atoms with Gasteiger partial charge in [0, 0.05) is 24.3 Å². The van der Waals surface area contributed by atoms with Crippen LogP contribution in [0.4, 0.5) is 15.1 Å². The molecule has 0 saturated carbocycles. The van der Waals surface area contributed by atoms with Crippen molar-refractivity contribution in [3.8, 4) is 11.3 Å². The van der Waals surface area contributed by atoms with Gasteiger partial charge in [-0.3, -0.25) is 10.1 Å². The number of nitrogens with zero attached hydrogens (tertiary/aromatic N) is 3. The Morgan fingerprint density at radius 3 is 2.32 bits per heavy atom. The van der Waals surface area contributed by atoms with Crippen molar-refractivity contribution in [2.45, 2.75) is 19.8 Å². The van der Waals surface area contributed by atoms with Crippen molar-refractivity contribution in [1.82, 2.24) is 15.3 Å². The minimum absolute atomic E-state index is 0.0679. The Morgan fingerprint density at radius 1 is 1.19 bits per heavy atom. The van der Waals surface area contributed by atoms with E-state index in [4.69, 9.17) is 0 Å². The topological polar surface area (TPSA) is 119 Å². The molecule has 0 atom stereocenters. The van der Waals surface area contributed by atoms with E-state index in [2.05, 4.69) is 14.7 Å². The van der Waals surface area contributed by atoms with Crippen LogP contribution >= 0.6 is 0 Å². The van der Waals surface area contributed by atoms with E-state index >= 15 is 0 Å². The lowest BCUT2D eigenvalue weighted by Crippen LogP contribution is -2.28. The number of halogens is 1. The third-order valence-electron chi connectivity index (χ3n) is 4.22. The number of methoxy groups -OCH3 is 1. The number of carbonyl (C=O) groups is 2. The van der Waals surface area contributed by atoms with Crippen molar-refractivity contribution in [2.24, 2.45) is 0 Å². The van der Waals surface area contributed by atoms with Gasteiger partial charge in [-0.25, -0.2) is 31.9 Å². The van der Waals surface area contributed by atoms with Crippen molar-refractivity contribution in [1.29, 1.82) is 0 Å². The van der Waals surface area contributed by atoms with Gasteiger partial charge >= 0.3 is 6.09 Å². The Morgan fingerprint density at radius 2 is 1.81 bits per heavy atom. The predicted octanol–water partition coefficient (Wildman–Crippen LogP) is 2.70. The van der Waals surface area contributed by atoms with Gasteiger partial charge in [-0.2, -0.15) is 0 Å². The van der Waals surface area contributed by atoms with Gasteiger partial charge in [0.25, 0.3) is 5.91 Å². The minimum Gasteiger partial charge on any atom is -0.453 e. The molecule has 0 aliphatic rings. The number of benzene rings is 1. The van der Waals surface area contributed by atoms with Crippen LogP contribution in [-0.2, 0) is 19.6 Å². The summed E-state index contributed by atoms with van der Waals surface area (Å²) >= 11 is 0. The van der Waals surface area contributed by atoms with Crippen LogP contribution < -0.4 is 9.62 Å². The number of rotatable bonds is 6. The molecule has 0 spiro atoms. The van der Waals surface area contributed by atoms with E-state index < -0.39 is 27.8 Å². The van der Waals surface area contributed by atoms with E-state index in [0.717, 1.165) is 23.7 Å². The highest BCUT2D eigenvalue weighted by molar-refractivity contribution is 7.92. The lowest BCUT2D eigenvalue weighted by molar-refractivity contribution is -0.115. The number of nitrogens with one attached hydrogen (secondary N) is 1. The number of sulfonamides is 1. The van der Waals surface area contributed by atoms with Crippen LogP contribution in [0.3, 0.4) is 0 Å². The normalized spacial score (nSPS) is 11.6. The molecule has 1 N–H and O–H groups in total. The highest BCUT2D eigenvalue weighted by Gasteiger charge is 2.22. The zero-order valence-electron chi connectivity index (χ0n) is 17.7. The second-order valence-electron chi connectivity index (χ2n) is 6.88. The minimum atomic E-state index is -3.64. The van der Waals surface area contributed by atoms with Crippen LogP contribution in [0, 0.1) is 5.82 Å². The summed E-state index contributed by atoms with van der Waals surface area (Å²) in [6.45, 7) is 3.68. The lowest BCUT2D eigenvalue weighted by Gasteiger charge is -2.20. The summed E-state index contributed by atoms with van der Waals surface area (Å²) in [6.07, 6.45) is 2.62. The molecule has 0 saturated heterocycles. The van der Waals surface area contributed by atoms with Crippen molar-refractivity contribution in [3.63, 3.8) is 0 Å². The van der Waals surface area contributed by atoms with Crippen molar-refractivity contribution in [2.75, 3.05) is 24.7 Å². The van der Waals surface area contributed by atoms with E-state index in [9.17, 15) is 22.4 Å². The van der Waals surface area contributed by atoms with E-state index in [1.54, 1.807) is 0 Å². The number of carbonyl (C=O) groups excluding carboxylic acids is 2. The molecule has 0 radical (unpaired) electrons. The number of ether oxygens (including phenoxy) is 1. The number of imide groups is 1. The predicted molar refractivity (Wildman–Crippen MR) is 114 cm³/mol. The first kappa shape index (κ1) is 23.9. The number of aromatic nitrogens is 2. The zero-order valence-corrected chi connectivity index (χ0v) is 18.5. The van der Waals surface area contributed by atoms with Crippen LogP contribution in [0.15, 0.2) is 30.3 Å². The molecule has 0 fully saturated rings. The van der Waals surface area contributed by atoms with Crippen LogP contribution in [0.5, 0.6) is 0 Å². The molecule has 2 rings (SSSR count). The molecular formula is C20H23FN4O5S. The SMILES string of the molecule is COC(=O)NC(=O)/C=C/c1c(-c2ccc(F)cc2)nc(N(C)S(C)(=O)=O)nc1C(C)C. The summed E-state index contributed by atoms with van der Waals surface area (Å²) < 4.78 is 42.8. The zero-order chi connectivity index (χ0) is 23.3. The highest BCUT2D eigenvalue weighted by atomic mass is 32.2. The molecular weight excluding hydrogens is 427 g/mol. The first-order valence-corrected chi connectivity index (χ1v) is 11.0. The first-order valence-electron chi connectivity index (χ1n) is 9.12. The maximum absolute atomic E-state index is 13.5. The molecule has 0 unspecified atom stereocenters. The monoisotopic (exact) mass is 450 g/mol. The van der Waals surface area contributed by atoms with E-state index in [-0.39, 0.29) is 11.9 Å². The Bertz CT molecular complexity index is 1120. The second kappa shape index (κ2) is 9.65. The quantitative estimate of drug-likeness (QED) is 0.672. The van der Waals surface area contributed by atoms with Gasteiger partial charge in [0.05, 0.1) is 24.8 Å². The molecule has 2 amide bonds. The molecule has 0 aliphatic carbocycles. The summed E-state index contributed by atoms with van der Waals surface area (Å²) in [7, 11) is -1.20. The average Bonchev–Trinajstić information content (AvgIpc) is 2.70. The van der Waals surface area contributed by atoms with Crippen LogP contribution in [-0.4, -0.2) is 50.8 Å². The average molecular weight is 450 g/mol. The fourth-order valence-electron chi connectivity index (χ4n) is 2.55. The second-order valence-corrected chi connectivity index (χ2v) is 8.89. The van der Waals surface area contributed by atoms with Crippen molar-refractivity contribution < 1.29 is 27.1 Å². The fraction of sp³-hybridized carbons (Fsp3) is 0.300. The highest BCUT2D eigenvalue weighted by Crippen LogP contribution is 2.31. The molecule has 2 aromatic rings. The summed E-state index contributed by atoms with van der Waals surface area (Å²) in [5, 5.41) is 2.00. The van der Waals surface area contributed by atoms with Gasteiger partial charge in [-0.15, -0.1) is 0 Å². The molecule has 1 heterocycles. The number of amides is 2. The van der Waals surface area contributed by atoms with Gasteiger partial charge in [-0.05, 0) is 36.3 Å². The fourth-order valence-corrected chi connectivity index (χ4v) is 2.93. The summed E-state index contributed by atoms with van der Waals surface area (Å²) in [6, 6.07) is 5.45. The number of anilines is 1. The first-order chi connectivity index (χ1) is 14.4. The molecule has 0 aliphatic heterocycles. The molecule has 31 heavy (non-hydrogen) atoms. The standard InChI is InChI=1S/C20H23FN4O5S/c1-12(2)17-15(10-11-16(26)22-20(27)30-4)18(13-6-8-14(21)9-7-13)24-19(23-17)25(3)31(5,28)29/h6-12H,1-5H3,(H,22,26,27)/b11-10+. The maximum atomic E-state index is 13.5. The smallest absolute Gasteiger partial charge is 0.413 e.